The maximum Gasteiger partial charge on any atom is 0.416 e. The van der Waals surface area contributed by atoms with Gasteiger partial charge in [-0.15, -0.1) is 0 Å². The minimum Gasteiger partial charge on any atom is -0.497 e. The largest absolute Gasteiger partial charge is 0.497 e. The Bertz CT molecular complexity index is 1260. The van der Waals surface area contributed by atoms with Gasteiger partial charge in [0.25, 0.3) is 0 Å². The zero-order chi connectivity index (χ0) is 24.5. The second kappa shape index (κ2) is 8.70. The number of anilines is 1. The molecule has 0 aliphatic carbocycles. The average Bonchev–Trinajstić information content (AvgIpc) is 3.11. The molecule has 3 aromatic rings. The summed E-state index contributed by atoms with van der Waals surface area (Å²) in [5, 5.41) is 9.28. The van der Waals surface area contributed by atoms with Crippen LogP contribution in [0.1, 0.15) is 21.6 Å². The van der Waals surface area contributed by atoms with Crippen LogP contribution in [0.2, 0.25) is 0 Å². The van der Waals surface area contributed by atoms with Crippen LogP contribution in [0.25, 0.3) is 5.69 Å². The minimum absolute atomic E-state index is 0.0679. The minimum atomic E-state index is -4.97. The molecule has 0 fully saturated rings. The number of aromatic nitrogens is 1. The molecule has 0 aliphatic rings. The third-order valence-electron chi connectivity index (χ3n) is 4.51. The van der Waals surface area contributed by atoms with Crippen molar-refractivity contribution in [3.63, 3.8) is 0 Å². The number of nitriles is 1. The van der Waals surface area contributed by atoms with Crippen molar-refractivity contribution < 1.29 is 41.0 Å². The summed E-state index contributed by atoms with van der Waals surface area (Å²) < 4.78 is 83.4. The summed E-state index contributed by atoms with van der Waals surface area (Å²) in [6.07, 6.45) is -3.82. The van der Waals surface area contributed by atoms with E-state index in [9.17, 15) is 32.0 Å². The lowest BCUT2D eigenvalue weighted by atomic mass is 10.2. The van der Waals surface area contributed by atoms with E-state index < -0.39 is 35.1 Å². The zero-order valence-corrected chi connectivity index (χ0v) is 17.0. The highest BCUT2D eigenvalue weighted by molar-refractivity contribution is 5.96. The van der Waals surface area contributed by atoms with Gasteiger partial charge in [-0.05, 0) is 24.3 Å². The van der Waals surface area contributed by atoms with Gasteiger partial charge >= 0.3 is 12.1 Å². The fourth-order valence-corrected chi connectivity index (χ4v) is 2.93. The number of nitrogens with two attached hydrogens (primary N) is 1. The van der Waals surface area contributed by atoms with Crippen LogP contribution in [-0.4, -0.2) is 24.8 Å². The van der Waals surface area contributed by atoms with Gasteiger partial charge in [0.1, 0.15) is 11.8 Å². The summed E-state index contributed by atoms with van der Waals surface area (Å²) in [5.41, 5.74) is 3.62. The van der Waals surface area contributed by atoms with Crippen molar-refractivity contribution in [3.8, 4) is 29.0 Å². The first kappa shape index (κ1) is 23.4. The molecule has 0 aliphatic heterocycles. The van der Waals surface area contributed by atoms with E-state index >= 15 is 0 Å². The van der Waals surface area contributed by atoms with E-state index in [1.54, 1.807) is 6.07 Å². The van der Waals surface area contributed by atoms with Crippen LogP contribution in [0.5, 0.6) is 17.2 Å². The number of ether oxygens (including phenoxy) is 3. The maximum absolute atomic E-state index is 14.4. The molecule has 0 saturated heterocycles. The van der Waals surface area contributed by atoms with Crippen LogP contribution >= 0.6 is 0 Å². The molecule has 33 heavy (non-hydrogen) atoms. The number of nitrogens with zero attached hydrogens (tertiary/aromatic N) is 2. The van der Waals surface area contributed by atoms with Crippen molar-refractivity contribution in [1.29, 1.82) is 5.26 Å². The molecular weight excluding hydrogens is 453 g/mol. The molecule has 1 aromatic heterocycles. The van der Waals surface area contributed by atoms with E-state index in [2.05, 4.69) is 4.74 Å². The second-order valence-corrected chi connectivity index (χ2v) is 6.48. The summed E-state index contributed by atoms with van der Waals surface area (Å²) in [6.45, 7) is 0. The first-order valence-corrected chi connectivity index (χ1v) is 8.93. The number of hydrogen-bond donors (Lipinski definition) is 1. The Hall–Kier alpha value is -4.27. The quantitative estimate of drug-likeness (QED) is 0.427. The van der Waals surface area contributed by atoms with Crippen LogP contribution in [0.4, 0.5) is 27.6 Å². The van der Waals surface area contributed by atoms with Crippen LogP contribution < -0.4 is 15.2 Å². The van der Waals surface area contributed by atoms with Crippen molar-refractivity contribution in [2.75, 3.05) is 20.0 Å². The SMILES string of the molecule is COC(=O)c1c(N)c(C#N)cn1-c1cc(OC)ccc1Oc1c(F)cc(C(F)(F)F)cc1F. The van der Waals surface area contributed by atoms with Crippen molar-refractivity contribution >= 4 is 11.7 Å². The van der Waals surface area contributed by atoms with E-state index in [-0.39, 0.29) is 46.3 Å². The van der Waals surface area contributed by atoms with Gasteiger partial charge in [0.2, 0.25) is 0 Å². The van der Waals surface area contributed by atoms with Crippen LogP contribution in [-0.2, 0) is 10.9 Å². The van der Waals surface area contributed by atoms with E-state index in [0.29, 0.717) is 0 Å². The molecule has 2 aromatic carbocycles. The number of benzene rings is 2. The van der Waals surface area contributed by atoms with Crippen molar-refractivity contribution in [2.45, 2.75) is 6.18 Å². The van der Waals surface area contributed by atoms with Crippen LogP contribution in [0, 0.1) is 23.0 Å². The Labute approximate surface area is 183 Å². The molecule has 1 heterocycles. The normalized spacial score (nSPS) is 11.1. The molecule has 0 amide bonds. The number of halogens is 5. The first-order chi connectivity index (χ1) is 15.5. The molecule has 2 N–H and O–H groups in total. The van der Waals surface area contributed by atoms with E-state index in [4.69, 9.17) is 15.2 Å². The Morgan fingerprint density at radius 2 is 1.76 bits per heavy atom. The van der Waals surface area contributed by atoms with Crippen molar-refractivity contribution in [2.24, 2.45) is 0 Å². The number of carbonyl (C=O) groups excluding carboxylic acids is 1. The van der Waals surface area contributed by atoms with Gasteiger partial charge < -0.3 is 24.5 Å². The van der Waals surface area contributed by atoms with Gasteiger partial charge in [0, 0.05) is 12.3 Å². The third-order valence-corrected chi connectivity index (χ3v) is 4.51. The maximum atomic E-state index is 14.4. The van der Waals surface area contributed by atoms with E-state index in [1.165, 1.54) is 25.3 Å². The first-order valence-electron chi connectivity index (χ1n) is 8.93. The van der Waals surface area contributed by atoms with Gasteiger partial charge in [0.15, 0.2) is 28.8 Å². The van der Waals surface area contributed by atoms with Gasteiger partial charge in [-0.1, -0.05) is 0 Å². The smallest absolute Gasteiger partial charge is 0.416 e. The number of alkyl halides is 3. The third kappa shape index (κ3) is 4.38. The zero-order valence-electron chi connectivity index (χ0n) is 17.0. The highest BCUT2D eigenvalue weighted by Crippen LogP contribution is 2.39. The predicted octanol–water partition coefficient (Wildman–Crippen LogP) is 4.82. The Balaban J connectivity index is 2.21. The highest BCUT2D eigenvalue weighted by atomic mass is 19.4. The fraction of sp³-hybridized carbons (Fsp3) is 0.143. The number of esters is 1. The lowest BCUT2D eigenvalue weighted by molar-refractivity contribution is -0.138. The Morgan fingerprint density at radius 3 is 2.27 bits per heavy atom. The number of hydrogen-bond acceptors (Lipinski definition) is 6. The number of nitrogen functional groups attached to an aromatic ring is 1. The fourth-order valence-electron chi connectivity index (χ4n) is 2.93. The standard InChI is InChI=1S/C21H14F5N3O4/c1-31-12-3-4-16(33-19-13(22)5-11(6-14(19)23)21(24,25)26)15(7-12)29-9-10(8-27)17(28)18(29)20(30)32-2/h3-7,9H,28H2,1-2H3. The molecular formula is C21H14F5N3O4. The number of carbonyl (C=O) groups is 1. The molecule has 172 valence electrons. The predicted molar refractivity (Wildman–Crippen MR) is 104 cm³/mol. The van der Waals surface area contributed by atoms with Gasteiger partial charge in [-0.3, -0.25) is 0 Å². The number of rotatable bonds is 5. The summed E-state index contributed by atoms with van der Waals surface area (Å²) >= 11 is 0. The van der Waals surface area contributed by atoms with Crippen molar-refractivity contribution in [3.05, 3.63) is 65.0 Å². The molecule has 0 saturated carbocycles. The lowest BCUT2D eigenvalue weighted by Crippen LogP contribution is -2.12. The van der Waals surface area contributed by atoms with E-state index in [0.717, 1.165) is 17.9 Å². The molecule has 0 unspecified atom stereocenters. The second-order valence-electron chi connectivity index (χ2n) is 6.48. The molecule has 0 spiro atoms. The topological polar surface area (TPSA) is 99.5 Å². The summed E-state index contributed by atoms with van der Waals surface area (Å²) in [7, 11) is 2.39. The Kier molecular flexibility index (Phi) is 6.17. The summed E-state index contributed by atoms with van der Waals surface area (Å²) in [4.78, 5) is 12.3. The molecule has 7 nitrogen and oxygen atoms in total. The van der Waals surface area contributed by atoms with Crippen LogP contribution in [0.15, 0.2) is 36.5 Å². The molecule has 0 atom stereocenters. The monoisotopic (exact) mass is 467 g/mol. The highest BCUT2D eigenvalue weighted by Gasteiger charge is 2.33. The van der Waals surface area contributed by atoms with Crippen LogP contribution in [0.3, 0.4) is 0 Å². The summed E-state index contributed by atoms with van der Waals surface area (Å²) in [6, 6.07) is 5.80. The molecule has 12 heteroatoms. The molecule has 0 bridgehead atoms. The molecule has 0 radical (unpaired) electrons. The van der Waals surface area contributed by atoms with Crippen molar-refractivity contribution in [1.82, 2.24) is 4.57 Å². The van der Waals surface area contributed by atoms with Gasteiger partial charge in [0.05, 0.1) is 36.7 Å². The Morgan fingerprint density at radius 1 is 1.12 bits per heavy atom. The lowest BCUT2D eigenvalue weighted by Gasteiger charge is -2.17. The van der Waals surface area contributed by atoms with Gasteiger partial charge in [-0.25, -0.2) is 13.6 Å². The molecule has 3 rings (SSSR count). The average molecular weight is 467 g/mol. The number of methoxy groups -OCH3 is 2. The summed E-state index contributed by atoms with van der Waals surface area (Å²) in [5.74, 6) is -5.35. The van der Waals surface area contributed by atoms with Gasteiger partial charge in [-0.2, -0.15) is 18.4 Å². The van der Waals surface area contributed by atoms with E-state index in [1.807, 2.05) is 0 Å².